The summed E-state index contributed by atoms with van der Waals surface area (Å²) in [6, 6.07) is 3.52. The fourth-order valence-electron chi connectivity index (χ4n) is 1.98. The highest BCUT2D eigenvalue weighted by Crippen LogP contribution is 2.22. The standard InChI is InChI=1S/C15H20N2O3S/c1-4-8-21-14-12(6-5-7-16-14)13(18)17-9-11-10-19-15(2,3)20-11/h4-7,11H,1,8-10H2,2-3H3,(H,17,18). The molecule has 0 bridgehead atoms. The largest absolute Gasteiger partial charge is 0.349 e. The lowest BCUT2D eigenvalue weighted by Crippen LogP contribution is -2.34. The van der Waals surface area contributed by atoms with Gasteiger partial charge in [-0.3, -0.25) is 4.79 Å². The van der Waals surface area contributed by atoms with Crippen LogP contribution in [-0.4, -0.2) is 41.7 Å². The summed E-state index contributed by atoms with van der Waals surface area (Å²) in [5.41, 5.74) is 0.572. The van der Waals surface area contributed by atoms with Crippen LogP contribution >= 0.6 is 11.8 Å². The Labute approximate surface area is 129 Å². The fourth-order valence-corrected chi connectivity index (χ4v) is 2.71. The van der Waals surface area contributed by atoms with Gasteiger partial charge in [-0.1, -0.05) is 6.08 Å². The third-order valence-corrected chi connectivity index (χ3v) is 3.91. The van der Waals surface area contributed by atoms with Crippen molar-refractivity contribution in [1.29, 1.82) is 0 Å². The van der Waals surface area contributed by atoms with Crippen molar-refractivity contribution in [2.45, 2.75) is 30.8 Å². The van der Waals surface area contributed by atoms with Gasteiger partial charge < -0.3 is 14.8 Å². The van der Waals surface area contributed by atoms with Crippen molar-refractivity contribution in [3.05, 3.63) is 36.5 Å². The third kappa shape index (κ3) is 4.56. The van der Waals surface area contributed by atoms with E-state index in [4.69, 9.17) is 9.47 Å². The predicted octanol–water partition coefficient (Wildman–Crippen LogP) is 2.24. The highest BCUT2D eigenvalue weighted by atomic mass is 32.2. The Hall–Kier alpha value is -1.37. The van der Waals surface area contributed by atoms with Crippen LogP contribution in [-0.2, 0) is 9.47 Å². The maximum atomic E-state index is 12.3. The number of pyridine rings is 1. The molecular formula is C15H20N2O3S. The minimum atomic E-state index is -0.575. The smallest absolute Gasteiger partial charge is 0.254 e. The van der Waals surface area contributed by atoms with Crippen molar-refractivity contribution in [2.24, 2.45) is 0 Å². The van der Waals surface area contributed by atoms with Gasteiger partial charge in [0.05, 0.1) is 12.2 Å². The summed E-state index contributed by atoms with van der Waals surface area (Å²) in [6.07, 6.45) is 3.34. The van der Waals surface area contributed by atoms with Gasteiger partial charge in [0.25, 0.3) is 5.91 Å². The number of nitrogens with one attached hydrogen (secondary N) is 1. The van der Waals surface area contributed by atoms with Crippen LogP contribution in [0.5, 0.6) is 0 Å². The van der Waals surface area contributed by atoms with E-state index in [1.54, 1.807) is 24.4 Å². The second-order valence-corrected chi connectivity index (χ2v) is 6.13. The third-order valence-electron chi connectivity index (χ3n) is 2.91. The lowest BCUT2D eigenvalue weighted by atomic mass is 10.2. The minimum Gasteiger partial charge on any atom is -0.349 e. The van der Waals surface area contributed by atoms with Crippen molar-refractivity contribution in [2.75, 3.05) is 18.9 Å². The zero-order chi connectivity index (χ0) is 15.3. The van der Waals surface area contributed by atoms with Gasteiger partial charge in [-0.15, -0.1) is 18.3 Å². The Bertz CT molecular complexity index is 519. The average Bonchev–Trinajstić information content (AvgIpc) is 2.82. The number of ether oxygens (including phenoxy) is 2. The number of rotatable bonds is 6. The van der Waals surface area contributed by atoms with Crippen LogP contribution < -0.4 is 5.32 Å². The number of aromatic nitrogens is 1. The zero-order valence-corrected chi connectivity index (χ0v) is 13.1. The van der Waals surface area contributed by atoms with Gasteiger partial charge >= 0.3 is 0 Å². The molecule has 1 aromatic rings. The first-order valence-corrected chi connectivity index (χ1v) is 7.79. The molecule has 1 atom stereocenters. The topological polar surface area (TPSA) is 60.5 Å². The summed E-state index contributed by atoms with van der Waals surface area (Å²) in [6.45, 7) is 8.30. The molecule has 6 heteroatoms. The van der Waals surface area contributed by atoms with Gasteiger partial charge in [-0.2, -0.15) is 0 Å². The molecule has 1 N–H and O–H groups in total. The number of nitrogens with zero attached hydrogens (tertiary/aromatic N) is 1. The average molecular weight is 308 g/mol. The van der Waals surface area contributed by atoms with Crippen LogP contribution in [0.25, 0.3) is 0 Å². The SMILES string of the molecule is C=CCSc1ncccc1C(=O)NCC1COC(C)(C)O1. The molecule has 1 aliphatic heterocycles. The summed E-state index contributed by atoms with van der Waals surface area (Å²) in [5.74, 6) is -0.0114. The number of hydrogen-bond donors (Lipinski definition) is 1. The molecule has 2 rings (SSSR count). The first-order chi connectivity index (χ1) is 10.0. The predicted molar refractivity (Wildman–Crippen MR) is 82.4 cm³/mol. The Balaban J connectivity index is 1.93. The summed E-state index contributed by atoms with van der Waals surface area (Å²) >= 11 is 1.49. The molecule has 1 aliphatic rings. The van der Waals surface area contributed by atoms with Gasteiger partial charge in [0.2, 0.25) is 0 Å². The number of hydrogen-bond acceptors (Lipinski definition) is 5. The van der Waals surface area contributed by atoms with E-state index in [-0.39, 0.29) is 12.0 Å². The monoisotopic (exact) mass is 308 g/mol. The van der Waals surface area contributed by atoms with Crippen molar-refractivity contribution >= 4 is 17.7 Å². The van der Waals surface area contributed by atoms with Gasteiger partial charge in [0.15, 0.2) is 5.79 Å². The van der Waals surface area contributed by atoms with E-state index in [1.165, 1.54) is 11.8 Å². The molecule has 1 amide bonds. The zero-order valence-electron chi connectivity index (χ0n) is 12.3. The Kier molecular flexibility index (Phi) is 5.39. The molecule has 5 nitrogen and oxygen atoms in total. The number of amides is 1. The molecule has 0 aliphatic carbocycles. The second-order valence-electron chi connectivity index (χ2n) is 5.12. The first kappa shape index (κ1) is 16.0. The normalized spacial score (nSPS) is 20.2. The van der Waals surface area contributed by atoms with Gasteiger partial charge in [-0.05, 0) is 26.0 Å². The number of carbonyl (C=O) groups excluding carboxylic acids is 1. The van der Waals surface area contributed by atoms with E-state index in [0.717, 1.165) is 0 Å². The lowest BCUT2D eigenvalue weighted by Gasteiger charge is -2.17. The summed E-state index contributed by atoms with van der Waals surface area (Å²) in [5, 5.41) is 3.58. The van der Waals surface area contributed by atoms with Crippen LogP contribution in [0.4, 0.5) is 0 Å². The van der Waals surface area contributed by atoms with E-state index < -0.39 is 5.79 Å². The van der Waals surface area contributed by atoms with Crippen molar-refractivity contribution in [3.63, 3.8) is 0 Å². The molecule has 21 heavy (non-hydrogen) atoms. The van der Waals surface area contributed by atoms with Gasteiger partial charge in [-0.25, -0.2) is 4.98 Å². The fraction of sp³-hybridized carbons (Fsp3) is 0.467. The van der Waals surface area contributed by atoms with Crippen molar-refractivity contribution in [1.82, 2.24) is 10.3 Å². The maximum absolute atomic E-state index is 12.3. The van der Waals surface area contributed by atoms with E-state index >= 15 is 0 Å². The Morgan fingerprint density at radius 3 is 3.14 bits per heavy atom. The molecule has 1 fully saturated rings. The van der Waals surface area contributed by atoms with E-state index in [1.807, 2.05) is 13.8 Å². The minimum absolute atomic E-state index is 0.120. The van der Waals surface area contributed by atoms with E-state index in [0.29, 0.717) is 29.5 Å². The van der Waals surface area contributed by atoms with Crippen LogP contribution in [0.2, 0.25) is 0 Å². The number of thioether (sulfide) groups is 1. The molecule has 0 radical (unpaired) electrons. The molecule has 1 unspecified atom stereocenters. The molecule has 1 saturated heterocycles. The van der Waals surface area contributed by atoms with Crippen LogP contribution in [0.1, 0.15) is 24.2 Å². The highest BCUT2D eigenvalue weighted by Gasteiger charge is 2.32. The molecule has 0 aromatic carbocycles. The Morgan fingerprint density at radius 1 is 1.67 bits per heavy atom. The van der Waals surface area contributed by atoms with Crippen LogP contribution in [0, 0.1) is 0 Å². The van der Waals surface area contributed by atoms with Gasteiger partial charge in [0.1, 0.15) is 11.1 Å². The number of carbonyl (C=O) groups is 1. The summed E-state index contributed by atoms with van der Waals surface area (Å²) in [7, 11) is 0. The van der Waals surface area contributed by atoms with E-state index in [9.17, 15) is 4.79 Å². The lowest BCUT2D eigenvalue weighted by molar-refractivity contribution is -0.137. The van der Waals surface area contributed by atoms with Crippen molar-refractivity contribution in [3.8, 4) is 0 Å². The molecular weight excluding hydrogens is 288 g/mol. The summed E-state index contributed by atoms with van der Waals surface area (Å²) < 4.78 is 11.1. The van der Waals surface area contributed by atoms with Gasteiger partial charge in [0, 0.05) is 18.5 Å². The van der Waals surface area contributed by atoms with E-state index in [2.05, 4.69) is 16.9 Å². The van der Waals surface area contributed by atoms with Crippen LogP contribution in [0.3, 0.4) is 0 Å². The molecule has 2 heterocycles. The molecule has 114 valence electrons. The first-order valence-electron chi connectivity index (χ1n) is 6.80. The summed E-state index contributed by atoms with van der Waals surface area (Å²) in [4.78, 5) is 16.5. The molecule has 0 saturated carbocycles. The highest BCUT2D eigenvalue weighted by molar-refractivity contribution is 7.99. The van der Waals surface area contributed by atoms with Crippen LogP contribution in [0.15, 0.2) is 36.0 Å². The second kappa shape index (κ2) is 7.06. The quantitative estimate of drug-likeness (QED) is 0.645. The maximum Gasteiger partial charge on any atom is 0.254 e. The Morgan fingerprint density at radius 2 is 2.48 bits per heavy atom. The molecule has 1 aromatic heterocycles. The molecule has 0 spiro atoms. The van der Waals surface area contributed by atoms with Crippen molar-refractivity contribution < 1.29 is 14.3 Å².